The summed E-state index contributed by atoms with van der Waals surface area (Å²) in [6.07, 6.45) is 5.03. The van der Waals surface area contributed by atoms with Gasteiger partial charge in [-0.05, 0) is 37.1 Å². The van der Waals surface area contributed by atoms with Gasteiger partial charge in [0.25, 0.3) is 5.91 Å². The Hall–Kier alpha value is -2.83. The Morgan fingerprint density at radius 1 is 1.12 bits per heavy atom. The first-order valence-corrected chi connectivity index (χ1v) is 9.00. The fraction of sp³-hybridized carbons (Fsp3) is 0.421. The van der Waals surface area contributed by atoms with Crippen LogP contribution in [0, 0.1) is 0 Å². The summed E-state index contributed by atoms with van der Waals surface area (Å²) in [5, 5.41) is 3.07. The number of pyridine rings is 1. The van der Waals surface area contributed by atoms with Gasteiger partial charge in [0.05, 0.1) is 6.26 Å². The highest BCUT2D eigenvalue weighted by molar-refractivity contribution is 5.91. The molecule has 0 radical (unpaired) electrons. The molecule has 0 spiro atoms. The van der Waals surface area contributed by atoms with Crippen molar-refractivity contribution in [3.8, 4) is 0 Å². The predicted molar refractivity (Wildman–Crippen MR) is 94.7 cm³/mol. The number of furan rings is 1. The van der Waals surface area contributed by atoms with E-state index in [1.54, 1.807) is 28.1 Å². The molecular formula is C19H22N4O3. The number of urea groups is 1. The standard InChI is InChI=1S/C19H22N4O3/c24-18(17-7-4-10-26-17)22-9-3-5-15(13-22)21-19(25)23-11-14(12-23)16-6-1-2-8-20-16/h1-2,4,6-8,10,14-15H,3,5,9,11-13H2,(H,21,25). The summed E-state index contributed by atoms with van der Waals surface area (Å²) in [7, 11) is 0. The zero-order valence-corrected chi connectivity index (χ0v) is 14.5. The largest absolute Gasteiger partial charge is 0.459 e. The van der Waals surface area contributed by atoms with Gasteiger partial charge in [-0.15, -0.1) is 0 Å². The second-order valence-corrected chi connectivity index (χ2v) is 6.87. The van der Waals surface area contributed by atoms with E-state index in [9.17, 15) is 9.59 Å². The number of carbonyl (C=O) groups excluding carboxylic acids is 2. The van der Waals surface area contributed by atoms with Gasteiger partial charge >= 0.3 is 6.03 Å². The normalized spacial score (nSPS) is 20.5. The van der Waals surface area contributed by atoms with Crippen LogP contribution in [0.2, 0.25) is 0 Å². The predicted octanol–water partition coefficient (Wildman–Crippen LogP) is 2.09. The van der Waals surface area contributed by atoms with Gasteiger partial charge in [0.1, 0.15) is 0 Å². The van der Waals surface area contributed by atoms with Crippen LogP contribution in [0.25, 0.3) is 0 Å². The van der Waals surface area contributed by atoms with Crippen molar-refractivity contribution in [3.05, 3.63) is 54.2 Å². The third-order valence-corrected chi connectivity index (χ3v) is 5.04. The Labute approximate surface area is 152 Å². The molecule has 136 valence electrons. The monoisotopic (exact) mass is 354 g/mol. The number of carbonyl (C=O) groups is 2. The quantitative estimate of drug-likeness (QED) is 0.915. The number of rotatable bonds is 3. The van der Waals surface area contributed by atoms with E-state index >= 15 is 0 Å². The van der Waals surface area contributed by atoms with E-state index in [0.29, 0.717) is 37.9 Å². The molecule has 2 aliphatic rings. The SMILES string of the molecule is O=C(NC1CCCN(C(=O)c2ccco2)C1)N1CC(c2ccccn2)C1. The summed E-state index contributed by atoms with van der Waals surface area (Å²) in [6, 6.07) is 9.15. The van der Waals surface area contributed by atoms with Gasteiger partial charge in [-0.3, -0.25) is 9.78 Å². The highest BCUT2D eigenvalue weighted by Crippen LogP contribution is 2.25. The lowest BCUT2D eigenvalue weighted by molar-refractivity contribution is 0.0658. The Bertz CT molecular complexity index is 756. The minimum absolute atomic E-state index is 0.0240. The summed E-state index contributed by atoms with van der Waals surface area (Å²) < 4.78 is 5.19. The average Bonchev–Trinajstić information content (AvgIpc) is 3.15. The van der Waals surface area contributed by atoms with Crippen LogP contribution in [-0.4, -0.2) is 58.9 Å². The fourth-order valence-electron chi connectivity index (χ4n) is 3.55. The summed E-state index contributed by atoms with van der Waals surface area (Å²) in [5.41, 5.74) is 1.03. The van der Waals surface area contributed by atoms with E-state index in [1.807, 2.05) is 18.2 Å². The van der Waals surface area contributed by atoms with E-state index < -0.39 is 0 Å². The molecule has 1 atom stereocenters. The molecule has 2 aromatic heterocycles. The maximum Gasteiger partial charge on any atom is 0.317 e. The zero-order chi connectivity index (χ0) is 17.9. The molecule has 0 aromatic carbocycles. The number of amides is 3. The maximum absolute atomic E-state index is 12.4. The van der Waals surface area contributed by atoms with Crippen molar-refractivity contribution < 1.29 is 14.0 Å². The van der Waals surface area contributed by atoms with E-state index in [0.717, 1.165) is 18.5 Å². The van der Waals surface area contributed by atoms with Gasteiger partial charge in [0.15, 0.2) is 5.76 Å². The molecule has 26 heavy (non-hydrogen) atoms. The van der Waals surface area contributed by atoms with Crippen LogP contribution in [0.1, 0.15) is 35.0 Å². The summed E-state index contributed by atoms with van der Waals surface area (Å²) >= 11 is 0. The molecule has 7 heteroatoms. The third-order valence-electron chi connectivity index (χ3n) is 5.04. The number of aromatic nitrogens is 1. The second kappa shape index (κ2) is 7.19. The first-order valence-electron chi connectivity index (χ1n) is 9.00. The van der Waals surface area contributed by atoms with E-state index in [4.69, 9.17) is 4.42 Å². The van der Waals surface area contributed by atoms with Gasteiger partial charge in [0, 0.05) is 50.0 Å². The lowest BCUT2D eigenvalue weighted by Crippen LogP contribution is -2.57. The van der Waals surface area contributed by atoms with Crippen LogP contribution in [0.4, 0.5) is 4.79 Å². The number of piperidine rings is 1. The second-order valence-electron chi connectivity index (χ2n) is 6.87. The number of nitrogens with zero attached hydrogens (tertiary/aromatic N) is 3. The summed E-state index contributed by atoms with van der Waals surface area (Å²) in [4.78, 5) is 32.7. The molecule has 0 aliphatic carbocycles. The Morgan fingerprint density at radius 3 is 2.73 bits per heavy atom. The van der Waals surface area contributed by atoms with Gasteiger partial charge < -0.3 is 19.5 Å². The Balaban J connectivity index is 1.28. The summed E-state index contributed by atoms with van der Waals surface area (Å²) in [6.45, 7) is 2.58. The highest BCUT2D eigenvalue weighted by atomic mass is 16.3. The van der Waals surface area contributed by atoms with Gasteiger partial charge in [0.2, 0.25) is 0 Å². The van der Waals surface area contributed by atoms with E-state index in [2.05, 4.69) is 10.3 Å². The van der Waals surface area contributed by atoms with Crippen LogP contribution >= 0.6 is 0 Å². The minimum Gasteiger partial charge on any atom is -0.459 e. The first kappa shape index (κ1) is 16.6. The average molecular weight is 354 g/mol. The number of hydrogen-bond acceptors (Lipinski definition) is 4. The molecule has 3 amide bonds. The Morgan fingerprint density at radius 2 is 2.00 bits per heavy atom. The molecule has 1 N–H and O–H groups in total. The molecule has 2 aromatic rings. The van der Waals surface area contributed by atoms with Crippen LogP contribution < -0.4 is 5.32 Å². The Kier molecular flexibility index (Phi) is 4.60. The number of likely N-dealkylation sites (tertiary alicyclic amines) is 2. The van der Waals surface area contributed by atoms with Crippen LogP contribution in [0.3, 0.4) is 0 Å². The van der Waals surface area contributed by atoms with Crippen LogP contribution in [0.15, 0.2) is 47.2 Å². The zero-order valence-electron chi connectivity index (χ0n) is 14.5. The van der Waals surface area contributed by atoms with Gasteiger partial charge in [-0.2, -0.15) is 0 Å². The van der Waals surface area contributed by atoms with Crippen molar-refractivity contribution in [1.82, 2.24) is 20.1 Å². The van der Waals surface area contributed by atoms with Crippen LogP contribution in [0.5, 0.6) is 0 Å². The molecule has 0 saturated carbocycles. The molecule has 0 bridgehead atoms. The number of nitrogens with one attached hydrogen (secondary N) is 1. The van der Waals surface area contributed by atoms with Crippen molar-refractivity contribution in [2.75, 3.05) is 26.2 Å². The van der Waals surface area contributed by atoms with Crippen molar-refractivity contribution in [2.24, 2.45) is 0 Å². The van der Waals surface area contributed by atoms with Crippen molar-refractivity contribution in [3.63, 3.8) is 0 Å². The van der Waals surface area contributed by atoms with E-state index in [1.165, 1.54) is 6.26 Å². The van der Waals surface area contributed by atoms with Gasteiger partial charge in [-0.25, -0.2) is 4.79 Å². The molecule has 2 aliphatic heterocycles. The molecule has 7 nitrogen and oxygen atoms in total. The lowest BCUT2D eigenvalue weighted by Gasteiger charge is -2.40. The molecule has 2 fully saturated rings. The molecule has 4 rings (SSSR count). The molecule has 4 heterocycles. The van der Waals surface area contributed by atoms with Crippen molar-refractivity contribution >= 4 is 11.9 Å². The lowest BCUT2D eigenvalue weighted by atomic mass is 9.96. The minimum atomic E-state index is -0.117. The highest BCUT2D eigenvalue weighted by Gasteiger charge is 2.34. The third kappa shape index (κ3) is 3.42. The topological polar surface area (TPSA) is 78.7 Å². The van der Waals surface area contributed by atoms with E-state index in [-0.39, 0.29) is 18.0 Å². The fourth-order valence-corrected chi connectivity index (χ4v) is 3.55. The van der Waals surface area contributed by atoms with Gasteiger partial charge in [-0.1, -0.05) is 6.07 Å². The van der Waals surface area contributed by atoms with Crippen molar-refractivity contribution in [1.29, 1.82) is 0 Å². The first-order chi connectivity index (χ1) is 12.7. The number of hydrogen-bond donors (Lipinski definition) is 1. The molecule has 2 saturated heterocycles. The van der Waals surface area contributed by atoms with Crippen molar-refractivity contribution in [2.45, 2.75) is 24.8 Å². The molecule has 1 unspecified atom stereocenters. The molecular weight excluding hydrogens is 332 g/mol. The summed E-state index contributed by atoms with van der Waals surface area (Å²) in [5.74, 6) is 0.538. The maximum atomic E-state index is 12.4. The smallest absolute Gasteiger partial charge is 0.317 e. The van der Waals surface area contributed by atoms with Crippen LogP contribution in [-0.2, 0) is 0 Å².